The summed E-state index contributed by atoms with van der Waals surface area (Å²) in [5, 5.41) is 6.91. The number of carboxylic acid groups (broad SMARTS) is 1. The van der Waals surface area contributed by atoms with Crippen LogP contribution in [0.5, 0.6) is 5.88 Å². The van der Waals surface area contributed by atoms with E-state index in [1.54, 1.807) is 4.31 Å². The predicted octanol–water partition coefficient (Wildman–Crippen LogP) is 2.21. The Balaban J connectivity index is 0.000000339. The van der Waals surface area contributed by atoms with E-state index in [1.165, 1.54) is 18.3 Å². The monoisotopic (exact) mass is 470 g/mol. The Morgan fingerprint density at radius 3 is 2.61 bits per heavy atom. The predicted molar refractivity (Wildman–Crippen MR) is 98.3 cm³/mol. The molecule has 1 aliphatic carbocycles. The van der Waals surface area contributed by atoms with Crippen LogP contribution in [0.4, 0.5) is 17.6 Å². The highest BCUT2D eigenvalue weighted by Gasteiger charge is 2.53. The molecule has 1 saturated carbocycles. The smallest absolute Gasteiger partial charge is 0.475 e. The molecule has 0 radical (unpaired) electrons. The number of halogens is 4. The summed E-state index contributed by atoms with van der Waals surface area (Å²) in [6, 6.07) is 2.81. The van der Waals surface area contributed by atoms with E-state index in [4.69, 9.17) is 19.4 Å². The van der Waals surface area contributed by atoms with Gasteiger partial charge in [0.15, 0.2) is 5.82 Å². The maximum absolute atomic E-state index is 13.7. The second-order valence-corrected chi connectivity index (χ2v) is 9.93. The maximum atomic E-state index is 13.7. The molecular weight excluding hydrogens is 448 g/mol. The van der Waals surface area contributed by atoms with Gasteiger partial charge < -0.3 is 14.6 Å². The third-order valence-corrected chi connectivity index (χ3v) is 7.85. The number of carbonyl (C=O) groups is 1. The molecule has 0 amide bonds. The summed E-state index contributed by atoms with van der Waals surface area (Å²) in [6.45, 7) is 1.66. The fourth-order valence-corrected chi connectivity index (χ4v) is 5.65. The molecule has 1 N–H and O–H groups in total. The summed E-state index contributed by atoms with van der Waals surface area (Å²) in [5.41, 5.74) is -0.426. The molecule has 31 heavy (non-hydrogen) atoms. The van der Waals surface area contributed by atoms with Gasteiger partial charge in [0.25, 0.3) is 0 Å². The van der Waals surface area contributed by atoms with Crippen LogP contribution in [0.3, 0.4) is 0 Å². The minimum atomic E-state index is -5.08. The first-order valence-corrected chi connectivity index (χ1v) is 11.1. The van der Waals surface area contributed by atoms with E-state index in [2.05, 4.69) is 4.98 Å². The number of nitrogens with zero attached hydrogens (tertiary/aromatic N) is 2. The van der Waals surface area contributed by atoms with E-state index >= 15 is 0 Å². The van der Waals surface area contributed by atoms with E-state index in [9.17, 15) is 26.0 Å². The third-order valence-electron chi connectivity index (χ3n) is 5.50. The molecule has 174 valence electrons. The molecule has 2 saturated heterocycles. The first kappa shape index (κ1) is 23.7. The van der Waals surface area contributed by atoms with Crippen LogP contribution in [0.2, 0.25) is 0 Å². The van der Waals surface area contributed by atoms with Crippen LogP contribution >= 0.6 is 0 Å². The van der Waals surface area contributed by atoms with Crippen LogP contribution in [-0.2, 0) is 19.6 Å². The van der Waals surface area contributed by atoms with Crippen molar-refractivity contribution < 1.29 is 45.4 Å². The first-order chi connectivity index (χ1) is 14.5. The second-order valence-electron chi connectivity index (χ2n) is 7.72. The van der Waals surface area contributed by atoms with Crippen molar-refractivity contribution in [2.75, 3.05) is 26.3 Å². The molecule has 1 aromatic heterocycles. The van der Waals surface area contributed by atoms with Gasteiger partial charge in [-0.05, 0) is 37.8 Å². The van der Waals surface area contributed by atoms with E-state index in [0.29, 0.717) is 32.5 Å². The van der Waals surface area contributed by atoms with Crippen molar-refractivity contribution in [2.24, 2.45) is 5.41 Å². The van der Waals surface area contributed by atoms with Crippen LogP contribution in [-0.4, -0.2) is 72.6 Å². The average molecular weight is 470 g/mol. The number of ether oxygens (including phenoxy) is 2. The van der Waals surface area contributed by atoms with Gasteiger partial charge in [-0.3, -0.25) is 0 Å². The molecule has 3 fully saturated rings. The zero-order chi connectivity index (χ0) is 22.9. The van der Waals surface area contributed by atoms with Crippen LogP contribution in [0.25, 0.3) is 0 Å². The standard InChI is InChI=1S/C16H21FN2O4S.C2HF3O2/c17-13-2-1-7-18-15(13)23-11-16-6-9-22-14(16)5-8-19(10-16)24(20,21)12-3-4-12;3-2(4,5)1(6)7/h1-2,7,12,14H,3-6,8-11H2;(H,6,7)/t14-,16+;/m1./s1. The molecule has 0 unspecified atom stereocenters. The number of fused-ring (bicyclic) bond motifs is 1. The van der Waals surface area contributed by atoms with Crippen LogP contribution in [0.15, 0.2) is 18.3 Å². The van der Waals surface area contributed by atoms with E-state index in [-0.39, 0.29) is 23.8 Å². The lowest BCUT2D eigenvalue weighted by Gasteiger charge is -2.42. The van der Waals surface area contributed by atoms with Gasteiger partial charge in [-0.1, -0.05) is 0 Å². The lowest BCUT2D eigenvalue weighted by atomic mass is 9.78. The van der Waals surface area contributed by atoms with E-state index in [1.807, 2.05) is 0 Å². The molecule has 4 rings (SSSR count). The third kappa shape index (κ3) is 5.44. The summed E-state index contributed by atoms with van der Waals surface area (Å²) in [7, 11) is -3.22. The van der Waals surface area contributed by atoms with Gasteiger partial charge >= 0.3 is 12.1 Å². The molecule has 0 spiro atoms. The Kier molecular flexibility index (Phi) is 6.77. The Morgan fingerprint density at radius 2 is 2.03 bits per heavy atom. The number of hydrogen-bond acceptors (Lipinski definition) is 6. The SMILES string of the molecule is O=C(O)C(F)(F)F.O=S(=O)(C1CC1)N1CC[C@H]2OCC[C@@]2(COc2ncccc2F)C1. The van der Waals surface area contributed by atoms with Crippen molar-refractivity contribution in [1.82, 2.24) is 9.29 Å². The maximum Gasteiger partial charge on any atom is 0.490 e. The van der Waals surface area contributed by atoms with Gasteiger partial charge in [0.05, 0.1) is 18.0 Å². The van der Waals surface area contributed by atoms with Gasteiger partial charge in [0, 0.05) is 31.3 Å². The van der Waals surface area contributed by atoms with Crippen LogP contribution in [0.1, 0.15) is 25.7 Å². The Bertz CT molecular complexity index is 909. The van der Waals surface area contributed by atoms with Crippen molar-refractivity contribution in [3.05, 3.63) is 24.1 Å². The normalized spacial score (nSPS) is 26.5. The summed E-state index contributed by atoms with van der Waals surface area (Å²) in [5.74, 6) is -3.31. The molecule has 3 heterocycles. The zero-order valence-electron chi connectivity index (χ0n) is 16.3. The molecule has 1 aromatic rings. The quantitative estimate of drug-likeness (QED) is 0.658. The number of alkyl halides is 3. The molecule has 8 nitrogen and oxygen atoms in total. The minimum Gasteiger partial charge on any atom is -0.475 e. The fourth-order valence-electron chi connectivity index (χ4n) is 3.70. The van der Waals surface area contributed by atoms with Crippen molar-refractivity contribution in [3.63, 3.8) is 0 Å². The molecule has 13 heteroatoms. The lowest BCUT2D eigenvalue weighted by Crippen LogP contribution is -2.54. The molecule has 2 atom stereocenters. The van der Waals surface area contributed by atoms with Crippen molar-refractivity contribution in [3.8, 4) is 5.88 Å². The molecule has 0 bridgehead atoms. The summed E-state index contributed by atoms with van der Waals surface area (Å²) >= 11 is 0. The number of rotatable bonds is 5. The summed E-state index contributed by atoms with van der Waals surface area (Å²) in [6.07, 6.45) is -0.787. The highest BCUT2D eigenvalue weighted by atomic mass is 32.2. The summed E-state index contributed by atoms with van der Waals surface area (Å²) < 4.78 is 83.7. The Labute approximate surface area is 176 Å². The average Bonchev–Trinajstić information content (AvgIpc) is 3.47. The largest absolute Gasteiger partial charge is 0.490 e. The van der Waals surface area contributed by atoms with Crippen molar-refractivity contribution in [1.29, 1.82) is 0 Å². The Morgan fingerprint density at radius 1 is 1.35 bits per heavy atom. The topological polar surface area (TPSA) is 106 Å². The number of hydrogen-bond donors (Lipinski definition) is 1. The molecule has 3 aliphatic rings. The van der Waals surface area contributed by atoms with Gasteiger partial charge in [-0.15, -0.1) is 0 Å². The van der Waals surface area contributed by atoms with Gasteiger partial charge in [0.1, 0.15) is 0 Å². The number of piperidine rings is 1. The molecule has 0 aromatic carbocycles. The fraction of sp³-hybridized carbons (Fsp3) is 0.667. The molecule has 2 aliphatic heterocycles. The number of pyridine rings is 1. The summed E-state index contributed by atoms with van der Waals surface area (Å²) in [4.78, 5) is 12.8. The van der Waals surface area contributed by atoms with E-state index in [0.717, 1.165) is 12.8 Å². The zero-order valence-corrected chi connectivity index (χ0v) is 17.2. The lowest BCUT2D eigenvalue weighted by molar-refractivity contribution is -0.192. The molecular formula is C18H22F4N2O6S. The number of aromatic nitrogens is 1. The first-order valence-electron chi connectivity index (χ1n) is 9.60. The van der Waals surface area contributed by atoms with Gasteiger partial charge in [-0.2, -0.15) is 13.2 Å². The van der Waals surface area contributed by atoms with Crippen molar-refractivity contribution in [2.45, 2.75) is 43.2 Å². The van der Waals surface area contributed by atoms with Gasteiger partial charge in [0.2, 0.25) is 15.9 Å². The van der Waals surface area contributed by atoms with Crippen molar-refractivity contribution >= 4 is 16.0 Å². The van der Waals surface area contributed by atoms with Gasteiger partial charge in [-0.25, -0.2) is 26.9 Å². The highest BCUT2D eigenvalue weighted by molar-refractivity contribution is 7.90. The highest BCUT2D eigenvalue weighted by Crippen LogP contribution is 2.44. The minimum absolute atomic E-state index is 0.0419. The van der Waals surface area contributed by atoms with E-state index < -0.39 is 33.4 Å². The van der Waals surface area contributed by atoms with Crippen LogP contribution < -0.4 is 4.74 Å². The second kappa shape index (κ2) is 8.87. The number of sulfonamides is 1. The Hall–Kier alpha value is -1.99. The van der Waals surface area contributed by atoms with Crippen LogP contribution in [0, 0.1) is 11.2 Å². The number of aliphatic carboxylic acids is 1. The number of carboxylic acids is 1.